The maximum absolute atomic E-state index is 11.5. The van der Waals surface area contributed by atoms with E-state index in [1.54, 1.807) is 12.1 Å². The topological polar surface area (TPSA) is 113 Å². The summed E-state index contributed by atoms with van der Waals surface area (Å²) in [5, 5.41) is 39.7. The summed E-state index contributed by atoms with van der Waals surface area (Å²) in [6.07, 6.45) is 2.80. The van der Waals surface area contributed by atoms with Gasteiger partial charge in [0.25, 0.3) is 0 Å². The molecule has 0 fully saturated rings. The van der Waals surface area contributed by atoms with Gasteiger partial charge in [-0.25, -0.2) is 4.79 Å². The van der Waals surface area contributed by atoms with Crippen LogP contribution in [0.2, 0.25) is 0 Å². The smallest absolute Gasteiger partial charge is 0.335 e. The van der Waals surface area contributed by atoms with Crippen LogP contribution in [0.4, 0.5) is 0 Å². The average Bonchev–Trinajstić information content (AvgIpc) is 2.97. The van der Waals surface area contributed by atoms with E-state index in [0.717, 1.165) is 5.70 Å². The Hall–Kier alpha value is -3.28. The number of hydrogen-bond donors (Lipinski definition) is 3. The van der Waals surface area contributed by atoms with Crippen molar-refractivity contribution in [1.82, 2.24) is 0 Å². The first-order chi connectivity index (χ1) is 11.4. The lowest BCUT2D eigenvalue weighted by molar-refractivity contribution is -0.268. The van der Waals surface area contributed by atoms with E-state index in [2.05, 4.69) is 4.99 Å². The molecular formula is C18H14NO5-. The van der Waals surface area contributed by atoms with Crippen LogP contribution >= 0.6 is 0 Å². The molecule has 3 N–H and O–H groups in total. The van der Waals surface area contributed by atoms with Gasteiger partial charge in [0.15, 0.2) is 0 Å². The Bertz CT molecular complexity index is 883. The van der Waals surface area contributed by atoms with Crippen LogP contribution < -0.4 is 5.11 Å². The second-order valence-electron chi connectivity index (χ2n) is 5.47. The molecule has 2 aromatic carbocycles. The molecular weight excluding hydrogens is 310 g/mol. The molecule has 2 aromatic rings. The Balaban J connectivity index is 1.81. The molecule has 6 heteroatoms. The van der Waals surface area contributed by atoms with Gasteiger partial charge in [0.05, 0.1) is 11.3 Å². The van der Waals surface area contributed by atoms with E-state index in [0.29, 0.717) is 29.7 Å². The van der Waals surface area contributed by atoms with Crippen LogP contribution in [0.3, 0.4) is 0 Å². The minimum atomic E-state index is -1.25. The van der Waals surface area contributed by atoms with Crippen LogP contribution in [0.5, 0.6) is 17.2 Å². The quantitative estimate of drug-likeness (QED) is 0.798. The first kappa shape index (κ1) is 15.6. The van der Waals surface area contributed by atoms with Gasteiger partial charge in [-0.2, -0.15) is 0 Å². The predicted molar refractivity (Wildman–Crippen MR) is 85.6 cm³/mol. The summed E-state index contributed by atoms with van der Waals surface area (Å²) in [7, 11) is 0. The van der Waals surface area contributed by atoms with E-state index in [1.807, 2.05) is 6.08 Å². The molecule has 0 spiro atoms. The Labute approximate surface area is 137 Å². The van der Waals surface area contributed by atoms with Crippen molar-refractivity contribution in [3.8, 4) is 17.2 Å². The van der Waals surface area contributed by atoms with Crippen LogP contribution in [0.25, 0.3) is 0 Å². The fourth-order valence-corrected chi connectivity index (χ4v) is 2.59. The molecule has 1 aliphatic heterocycles. The highest BCUT2D eigenvalue weighted by Crippen LogP contribution is 2.28. The molecule has 0 aromatic heterocycles. The molecule has 0 atom stereocenters. The highest BCUT2D eigenvalue weighted by Gasteiger charge is 2.15. The van der Waals surface area contributed by atoms with Crippen molar-refractivity contribution in [2.75, 3.05) is 0 Å². The van der Waals surface area contributed by atoms with Crippen molar-refractivity contribution < 1.29 is 25.2 Å². The second kappa shape index (κ2) is 6.08. The van der Waals surface area contributed by atoms with Gasteiger partial charge in [-0.05, 0) is 23.8 Å². The minimum absolute atomic E-state index is 0.0260. The summed E-state index contributed by atoms with van der Waals surface area (Å²) >= 11 is 0. The van der Waals surface area contributed by atoms with Crippen molar-refractivity contribution in [2.24, 2.45) is 4.99 Å². The first-order valence-electron chi connectivity index (χ1n) is 7.26. The zero-order valence-corrected chi connectivity index (χ0v) is 12.6. The van der Waals surface area contributed by atoms with Crippen LogP contribution in [0.1, 0.15) is 27.9 Å². The van der Waals surface area contributed by atoms with Crippen molar-refractivity contribution in [3.05, 3.63) is 64.9 Å². The van der Waals surface area contributed by atoms with E-state index in [1.165, 1.54) is 24.3 Å². The Morgan fingerprint density at radius 1 is 1.17 bits per heavy atom. The second-order valence-corrected chi connectivity index (χ2v) is 5.47. The van der Waals surface area contributed by atoms with Crippen molar-refractivity contribution in [2.45, 2.75) is 12.8 Å². The predicted octanol–water partition coefficient (Wildman–Crippen LogP) is 2.19. The van der Waals surface area contributed by atoms with E-state index in [9.17, 15) is 20.1 Å². The van der Waals surface area contributed by atoms with Gasteiger partial charge in [-0.1, -0.05) is 24.0 Å². The van der Waals surface area contributed by atoms with E-state index >= 15 is 0 Å². The number of phenolic OH excluding ortho intramolecular Hbond substituents is 2. The van der Waals surface area contributed by atoms with Crippen LogP contribution in [0, 0.1) is 0 Å². The molecule has 0 saturated heterocycles. The standard InChI is InChI=1S/C18H15NO5/c20-12-3-4-13(17(22)9-12)15-5-2-11(19-15)7-10-1-6-16(21)14(8-10)18(23)24/h1-4,6,8-9,20-22H,5,7H2,(H,23,24)/p-1. The summed E-state index contributed by atoms with van der Waals surface area (Å²) in [6, 6.07) is 8.50. The van der Waals surface area contributed by atoms with Gasteiger partial charge in [-0.15, -0.1) is 0 Å². The fourth-order valence-electron chi connectivity index (χ4n) is 2.59. The summed E-state index contributed by atoms with van der Waals surface area (Å²) < 4.78 is 0. The van der Waals surface area contributed by atoms with E-state index in [-0.39, 0.29) is 17.1 Å². The third-order valence-electron chi connectivity index (χ3n) is 3.76. The van der Waals surface area contributed by atoms with Gasteiger partial charge >= 0.3 is 5.97 Å². The van der Waals surface area contributed by atoms with Crippen molar-refractivity contribution in [1.29, 1.82) is 0 Å². The lowest BCUT2D eigenvalue weighted by Gasteiger charge is -2.11. The zero-order valence-electron chi connectivity index (χ0n) is 12.6. The molecule has 0 aliphatic carbocycles. The van der Waals surface area contributed by atoms with Crippen LogP contribution in [-0.4, -0.2) is 27.0 Å². The number of benzene rings is 2. The molecule has 24 heavy (non-hydrogen) atoms. The maximum atomic E-state index is 11.5. The summed E-state index contributed by atoms with van der Waals surface area (Å²) in [4.78, 5) is 15.5. The number of aliphatic imine (C=N–C) groups is 1. The number of hydrogen-bond acceptors (Lipinski definition) is 5. The maximum Gasteiger partial charge on any atom is 0.335 e. The van der Waals surface area contributed by atoms with Gasteiger partial charge in [0, 0.05) is 30.2 Å². The third-order valence-corrected chi connectivity index (χ3v) is 3.76. The molecule has 0 amide bonds. The molecule has 3 rings (SSSR count). The van der Waals surface area contributed by atoms with Gasteiger partial charge < -0.3 is 20.4 Å². The molecule has 122 valence electrons. The number of allylic oxidation sites excluding steroid dienone is 2. The fraction of sp³-hybridized carbons (Fsp3) is 0.111. The highest BCUT2D eigenvalue weighted by atomic mass is 16.4. The lowest BCUT2D eigenvalue weighted by Crippen LogP contribution is -2.04. The SMILES string of the molecule is O=C(O)c1cc(CC2=CCC(c3ccc(O)cc3O)=N2)ccc1[O-]. The average molecular weight is 324 g/mol. The first-order valence-corrected chi connectivity index (χ1v) is 7.26. The molecule has 0 radical (unpaired) electrons. The molecule has 1 aliphatic rings. The number of carbonyl (C=O) groups is 1. The Kier molecular flexibility index (Phi) is 3.95. The normalized spacial score (nSPS) is 13.5. The number of nitrogens with zero attached hydrogens (tertiary/aromatic N) is 1. The number of phenols is 2. The van der Waals surface area contributed by atoms with Gasteiger partial charge in [0.1, 0.15) is 11.5 Å². The largest absolute Gasteiger partial charge is 0.872 e. The van der Waals surface area contributed by atoms with Gasteiger partial charge in [-0.3, -0.25) is 4.99 Å². The van der Waals surface area contributed by atoms with Crippen LogP contribution in [-0.2, 0) is 6.42 Å². The molecule has 0 saturated carbocycles. The molecule has 0 unspecified atom stereocenters. The summed E-state index contributed by atoms with van der Waals surface area (Å²) in [5.41, 5.74) is 2.36. The minimum Gasteiger partial charge on any atom is -0.872 e. The number of rotatable bonds is 4. The van der Waals surface area contributed by atoms with Crippen LogP contribution in [0.15, 0.2) is 53.2 Å². The monoisotopic (exact) mass is 324 g/mol. The Morgan fingerprint density at radius 3 is 2.67 bits per heavy atom. The summed E-state index contributed by atoms with van der Waals surface area (Å²) in [6.45, 7) is 0. The van der Waals surface area contributed by atoms with Gasteiger partial charge in [0.2, 0.25) is 0 Å². The van der Waals surface area contributed by atoms with E-state index < -0.39 is 11.7 Å². The number of aromatic hydroxyl groups is 2. The van der Waals surface area contributed by atoms with Crippen molar-refractivity contribution in [3.63, 3.8) is 0 Å². The highest BCUT2D eigenvalue weighted by molar-refractivity contribution is 6.05. The summed E-state index contributed by atoms with van der Waals surface area (Å²) in [5.74, 6) is -1.85. The number of carboxylic acids is 1. The molecule has 6 nitrogen and oxygen atoms in total. The number of aromatic carboxylic acids is 1. The third kappa shape index (κ3) is 3.08. The Morgan fingerprint density at radius 2 is 1.96 bits per heavy atom. The van der Waals surface area contributed by atoms with E-state index in [4.69, 9.17) is 5.11 Å². The number of carboxylic acid groups (broad SMARTS) is 1. The lowest BCUT2D eigenvalue weighted by atomic mass is 10.1. The van der Waals surface area contributed by atoms with Crippen molar-refractivity contribution >= 4 is 11.7 Å². The molecule has 0 bridgehead atoms. The zero-order chi connectivity index (χ0) is 17.3. The molecule has 1 heterocycles.